The van der Waals surface area contributed by atoms with Crippen molar-refractivity contribution in [2.24, 2.45) is 0 Å². The molecule has 0 aliphatic rings. The fourth-order valence-electron chi connectivity index (χ4n) is 1.42. The van der Waals surface area contributed by atoms with Gasteiger partial charge in [0.15, 0.2) is 0 Å². The highest BCUT2D eigenvalue weighted by Gasteiger charge is 2.02. The number of halogens is 3. The fraction of sp³-hybridized carbons (Fsp3) is 0.0769. The standard InChI is InChI=1S/C13H10Cl3NS/c14-10-4-2-9(6-12(10)16)18-7-8-1-3-11(15)13(17)5-8/h1-6H,7,17H2. The zero-order chi connectivity index (χ0) is 13.1. The van der Waals surface area contributed by atoms with Crippen LogP contribution < -0.4 is 5.73 Å². The zero-order valence-corrected chi connectivity index (χ0v) is 12.4. The van der Waals surface area contributed by atoms with Gasteiger partial charge in [-0.25, -0.2) is 0 Å². The third-order valence-electron chi connectivity index (χ3n) is 2.36. The van der Waals surface area contributed by atoms with Gasteiger partial charge in [-0.1, -0.05) is 40.9 Å². The summed E-state index contributed by atoms with van der Waals surface area (Å²) in [5.41, 5.74) is 7.47. The third-order valence-corrected chi connectivity index (χ3v) is 4.51. The predicted octanol–water partition coefficient (Wildman–Crippen LogP) is 5.52. The summed E-state index contributed by atoms with van der Waals surface area (Å²) in [6, 6.07) is 11.2. The number of anilines is 1. The molecule has 0 heterocycles. The summed E-state index contributed by atoms with van der Waals surface area (Å²) in [6.45, 7) is 0. The summed E-state index contributed by atoms with van der Waals surface area (Å²) in [4.78, 5) is 1.07. The van der Waals surface area contributed by atoms with Gasteiger partial charge in [-0.2, -0.15) is 0 Å². The lowest BCUT2D eigenvalue weighted by atomic mass is 10.2. The van der Waals surface area contributed by atoms with Gasteiger partial charge in [0.2, 0.25) is 0 Å². The van der Waals surface area contributed by atoms with Crippen molar-refractivity contribution in [1.29, 1.82) is 0 Å². The fourth-order valence-corrected chi connectivity index (χ4v) is 2.77. The SMILES string of the molecule is Nc1cc(CSc2ccc(Cl)c(Cl)c2)ccc1Cl. The minimum Gasteiger partial charge on any atom is -0.398 e. The monoisotopic (exact) mass is 317 g/mol. The molecule has 0 saturated carbocycles. The average molecular weight is 319 g/mol. The highest BCUT2D eigenvalue weighted by molar-refractivity contribution is 7.98. The highest BCUT2D eigenvalue weighted by atomic mass is 35.5. The molecule has 0 aliphatic heterocycles. The van der Waals surface area contributed by atoms with E-state index in [1.54, 1.807) is 17.8 Å². The lowest BCUT2D eigenvalue weighted by Crippen LogP contribution is -1.89. The lowest BCUT2D eigenvalue weighted by molar-refractivity contribution is 1.38. The van der Waals surface area contributed by atoms with E-state index >= 15 is 0 Å². The number of rotatable bonds is 3. The Morgan fingerprint density at radius 2 is 1.61 bits per heavy atom. The third kappa shape index (κ3) is 3.48. The Morgan fingerprint density at radius 3 is 2.28 bits per heavy atom. The molecule has 5 heteroatoms. The van der Waals surface area contributed by atoms with Crippen LogP contribution in [0.5, 0.6) is 0 Å². The molecule has 2 N–H and O–H groups in total. The molecule has 2 aromatic carbocycles. The molecule has 0 aromatic heterocycles. The minimum atomic E-state index is 0.566. The Balaban J connectivity index is 2.06. The van der Waals surface area contributed by atoms with Crippen LogP contribution in [0, 0.1) is 0 Å². The van der Waals surface area contributed by atoms with Crippen LogP contribution in [0.3, 0.4) is 0 Å². The van der Waals surface area contributed by atoms with Gasteiger partial charge in [-0.05, 0) is 35.9 Å². The molecule has 0 saturated heterocycles. The molecular weight excluding hydrogens is 309 g/mol. The van der Waals surface area contributed by atoms with Crippen molar-refractivity contribution in [2.45, 2.75) is 10.6 Å². The first-order chi connectivity index (χ1) is 8.56. The van der Waals surface area contributed by atoms with E-state index in [1.807, 2.05) is 30.3 Å². The maximum atomic E-state index is 5.96. The first-order valence-corrected chi connectivity index (χ1v) is 7.30. The Hall–Kier alpha value is -0.540. The molecule has 94 valence electrons. The van der Waals surface area contributed by atoms with Gasteiger partial charge in [-0.3, -0.25) is 0 Å². The second kappa shape index (κ2) is 6.07. The highest BCUT2D eigenvalue weighted by Crippen LogP contribution is 2.30. The molecular formula is C13H10Cl3NS. The number of hydrogen-bond acceptors (Lipinski definition) is 2. The largest absolute Gasteiger partial charge is 0.398 e. The van der Waals surface area contributed by atoms with Gasteiger partial charge in [0.05, 0.1) is 20.8 Å². The van der Waals surface area contributed by atoms with Crippen LogP contribution >= 0.6 is 46.6 Å². The van der Waals surface area contributed by atoms with Crippen molar-refractivity contribution in [3.05, 3.63) is 57.0 Å². The van der Waals surface area contributed by atoms with E-state index in [0.29, 0.717) is 20.8 Å². The Bertz CT molecular complexity index is 521. The first kappa shape index (κ1) is 13.9. The summed E-state index contributed by atoms with van der Waals surface area (Å²) < 4.78 is 0. The quantitative estimate of drug-likeness (QED) is 0.595. The summed E-state index contributed by atoms with van der Waals surface area (Å²) in [7, 11) is 0. The van der Waals surface area contributed by atoms with Crippen molar-refractivity contribution in [2.75, 3.05) is 5.73 Å². The molecule has 0 amide bonds. The Morgan fingerprint density at radius 1 is 0.889 bits per heavy atom. The van der Waals surface area contributed by atoms with Crippen molar-refractivity contribution >= 4 is 52.3 Å². The van der Waals surface area contributed by atoms with Crippen LogP contribution in [0.4, 0.5) is 5.69 Å². The van der Waals surface area contributed by atoms with Crippen LogP contribution in [0.15, 0.2) is 41.3 Å². The summed E-state index contributed by atoms with van der Waals surface area (Å²) >= 11 is 19.4. The van der Waals surface area contributed by atoms with E-state index < -0.39 is 0 Å². The van der Waals surface area contributed by atoms with Crippen molar-refractivity contribution in [1.82, 2.24) is 0 Å². The molecule has 2 aromatic rings. The zero-order valence-electron chi connectivity index (χ0n) is 9.29. The molecule has 0 spiro atoms. The number of thioether (sulfide) groups is 1. The molecule has 0 radical (unpaired) electrons. The molecule has 0 unspecified atom stereocenters. The van der Waals surface area contributed by atoms with Crippen molar-refractivity contribution < 1.29 is 0 Å². The lowest BCUT2D eigenvalue weighted by Gasteiger charge is -2.05. The molecule has 1 nitrogen and oxygen atoms in total. The van der Waals surface area contributed by atoms with E-state index in [2.05, 4.69) is 0 Å². The molecule has 2 rings (SSSR count). The van der Waals surface area contributed by atoms with Gasteiger partial charge in [0.1, 0.15) is 0 Å². The predicted molar refractivity (Wildman–Crippen MR) is 81.9 cm³/mol. The van der Waals surface area contributed by atoms with Crippen molar-refractivity contribution in [3.63, 3.8) is 0 Å². The van der Waals surface area contributed by atoms with Crippen LogP contribution in [0.25, 0.3) is 0 Å². The van der Waals surface area contributed by atoms with Gasteiger partial charge in [0.25, 0.3) is 0 Å². The Kier molecular flexibility index (Phi) is 4.68. The number of hydrogen-bond donors (Lipinski definition) is 1. The second-order valence-electron chi connectivity index (χ2n) is 3.72. The smallest absolute Gasteiger partial charge is 0.0635 e. The molecule has 0 bridgehead atoms. The summed E-state index contributed by atoms with van der Waals surface area (Å²) in [5.74, 6) is 0.805. The van der Waals surface area contributed by atoms with Gasteiger partial charge < -0.3 is 5.73 Å². The number of nitrogen functional groups attached to an aromatic ring is 1. The van der Waals surface area contributed by atoms with E-state index in [-0.39, 0.29) is 0 Å². The van der Waals surface area contributed by atoms with E-state index in [4.69, 9.17) is 40.5 Å². The maximum absolute atomic E-state index is 5.96. The maximum Gasteiger partial charge on any atom is 0.0635 e. The topological polar surface area (TPSA) is 26.0 Å². The number of nitrogens with two attached hydrogens (primary N) is 1. The molecule has 0 atom stereocenters. The summed E-state index contributed by atoms with van der Waals surface area (Å²) in [5, 5.41) is 1.72. The van der Waals surface area contributed by atoms with Gasteiger partial charge in [0, 0.05) is 10.6 Å². The normalized spacial score (nSPS) is 10.6. The molecule has 18 heavy (non-hydrogen) atoms. The molecule has 0 aliphatic carbocycles. The average Bonchev–Trinajstić information content (AvgIpc) is 2.35. The number of benzene rings is 2. The van der Waals surface area contributed by atoms with E-state index in [9.17, 15) is 0 Å². The molecule has 0 fully saturated rings. The van der Waals surface area contributed by atoms with Crippen LogP contribution in [-0.4, -0.2) is 0 Å². The minimum absolute atomic E-state index is 0.566. The van der Waals surface area contributed by atoms with Crippen LogP contribution in [0.2, 0.25) is 15.1 Å². The summed E-state index contributed by atoms with van der Waals surface area (Å²) in [6.07, 6.45) is 0. The van der Waals surface area contributed by atoms with E-state index in [1.165, 1.54) is 0 Å². The van der Waals surface area contributed by atoms with Gasteiger partial charge >= 0.3 is 0 Å². The Labute approximate surface area is 125 Å². The first-order valence-electron chi connectivity index (χ1n) is 5.18. The van der Waals surface area contributed by atoms with Crippen molar-refractivity contribution in [3.8, 4) is 0 Å². The second-order valence-corrected chi connectivity index (χ2v) is 5.99. The van der Waals surface area contributed by atoms with E-state index in [0.717, 1.165) is 16.2 Å². The van der Waals surface area contributed by atoms with Crippen LogP contribution in [-0.2, 0) is 5.75 Å². The van der Waals surface area contributed by atoms with Gasteiger partial charge in [-0.15, -0.1) is 11.8 Å². The van der Waals surface area contributed by atoms with Crippen LogP contribution in [0.1, 0.15) is 5.56 Å².